The number of carbonyl (C=O) groups excluding carboxylic acids is 1. The molecule has 92 valence electrons. The topological polar surface area (TPSA) is 40.5 Å². The number of aldehydes is 1. The number of aliphatic hydroxyl groups excluding tert-OH is 1. The minimum atomic E-state index is -0.256. The average Bonchev–Trinajstić information content (AvgIpc) is 2.78. The molecule has 0 amide bonds. The van der Waals surface area contributed by atoms with Crippen LogP contribution in [0.25, 0.3) is 0 Å². The van der Waals surface area contributed by atoms with Crippen molar-refractivity contribution >= 4 is 27.9 Å². The quantitative estimate of drug-likeness (QED) is 0.872. The number of halogens is 1. The Bertz CT molecular complexity index is 420. The summed E-state index contributed by atoms with van der Waals surface area (Å²) < 4.78 is 0.938. The summed E-state index contributed by atoms with van der Waals surface area (Å²) in [5, 5.41) is 9.58. The normalized spacial score (nSPS) is 21.6. The van der Waals surface area contributed by atoms with Crippen LogP contribution in [0.3, 0.4) is 0 Å². The Labute approximate surface area is 110 Å². The molecule has 1 saturated heterocycles. The average molecular weight is 298 g/mol. The molecule has 0 saturated carbocycles. The van der Waals surface area contributed by atoms with Gasteiger partial charge in [-0.3, -0.25) is 4.79 Å². The smallest absolute Gasteiger partial charge is 0.150 e. The molecule has 1 aliphatic rings. The van der Waals surface area contributed by atoms with E-state index < -0.39 is 0 Å². The third-order valence-electron chi connectivity index (χ3n) is 3.36. The van der Waals surface area contributed by atoms with E-state index in [-0.39, 0.29) is 6.10 Å². The van der Waals surface area contributed by atoms with Gasteiger partial charge in [0.1, 0.15) is 6.29 Å². The third-order valence-corrected chi connectivity index (χ3v) is 3.99. The second kappa shape index (κ2) is 5.19. The predicted octanol–water partition coefficient (Wildman–Crippen LogP) is 2.47. The highest BCUT2D eigenvalue weighted by molar-refractivity contribution is 9.10. The second-order valence-electron chi connectivity index (χ2n) is 4.56. The second-order valence-corrected chi connectivity index (χ2v) is 5.42. The van der Waals surface area contributed by atoms with Crippen LogP contribution in [0, 0.1) is 5.92 Å². The first-order chi connectivity index (χ1) is 8.11. The summed E-state index contributed by atoms with van der Waals surface area (Å²) in [5.74, 6) is 0.340. The van der Waals surface area contributed by atoms with Crippen LogP contribution in [-0.2, 0) is 0 Å². The highest BCUT2D eigenvalue weighted by Crippen LogP contribution is 2.32. The van der Waals surface area contributed by atoms with Crippen LogP contribution in [0.4, 0.5) is 5.69 Å². The fourth-order valence-electron chi connectivity index (χ4n) is 2.25. The number of anilines is 1. The number of rotatable bonds is 3. The van der Waals surface area contributed by atoms with E-state index in [9.17, 15) is 9.90 Å². The van der Waals surface area contributed by atoms with Gasteiger partial charge in [0, 0.05) is 29.0 Å². The van der Waals surface area contributed by atoms with Gasteiger partial charge in [-0.2, -0.15) is 0 Å². The van der Waals surface area contributed by atoms with Crippen molar-refractivity contribution in [2.75, 3.05) is 18.0 Å². The molecule has 17 heavy (non-hydrogen) atoms. The Balaban J connectivity index is 2.16. The summed E-state index contributed by atoms with van der Waals surface area (Å²) in [6.45, 7) is 3.67. The molecule has 1 aliphatic heterocycles. The summed E-state index contributed by atoms with van der Waals surface area (Å²) in [6.07, 6.45) is 1.60. The lowest BCUT2D eigenvalue weighted by molar-refractivity contribution is 0.112. The van der Waals surface area contributed by atoms with Crippen LogP contribution >= 0.6 is 15.9 Å². The summed E-state index contributed by atoms with van der Waals surface area (Å²) in [6, 6.07) is 5.61. The standard InChI is InChI=1S/C13H16BrNO2/c1-9(17)11-4-5-15(7-11)13-3-2-10(8-16)6-12(13)14/h2-3,6,8-9,11,17H,4-5,7H2,1H3. The Morgan fingerprint density at radius 3 is 2.88 bits per heavy atom. The Morgan fingerprint density at radius 1 is 1.59 bits per heavy atom. The van der Waals surface area contributed by atoms with Crippen LogP contribution in [0.5, 0.6) is 0 Å². The number of nitrogens with zero attached hydrogens (tertiary/aromatic N) is 1. The molecule has 0 bridgehead atoms. The van der Waals surface area contributed by atoms with Crippen LogP contribution < -0.4 is 4.90 Å². The van der Waals surface area contributed by atoms with Crippen molar-refractivity contribution in [3.8, 4) is 0 Å². The molecule has 2 rings (SSSR count). The lowest BCUT2D eigenvalue weighted by Crippen LogP contribution is -2.24. The fourth-order valence-corrected chi connectivity index (χ4v) is 2.90. The van der Waals surface area contributed by atoms with Crippen molar-refractivity contribution < 1.29 is 9.90 Å². The van der Waals surface area contributed by atoms with Crippen molar-refractivity contribution in [1.29, 1.82) is 0 Å². The van der Waals surface area contributed by atoms with E-state index in [2.05, 4.69) is 20.8 Å². The third kappa shape index (κ3) is 2.69. The molecule has 0 aliphatic carbocycles. The largest absolute Gasteiger partial charge is 0.393 e. The number of carbonyl (C=O) groups is 1. The lowest BCUT2D eigenvalue weighted by atomic mass is 10.0. The summed E-state index contributed by atoms with van der Waals surface area (Å²) in [4.78, 5) is 12.9. The molecule has 0 spiro atoms. The van der Waals surface area contributed by atoms with E-state index in [1.807, 2.05) is 25.1 Å². The van der Waals surface area contributed by atoms with Crippen molar-refractivity contribution in [1.82, 2.24) is 0 Å². The molecule has 0 radical (unpaired) electrons. The molecule has 1 N–H and O–H groups in total. The van der Waals surface area contributed by atoms with Gasteiger partial charge in [-0.15, -0.1) is 0 Å². The van der Waals surface area contributed by atoms with Crippen LogP contribution in [-0.4, -0.2) is 30.6 Å². The minimum absolute atomic E-state index is 0.256. The molecule has 1 fully saturated rings. The first kappa shape index (κ1) is 12.6. The maximum Gasteiger partial charge on any atom is 0.150 e. The first-order valence-electron chi connectivity index (χ1n) is 5.79. The van der Waals surface area contributed by atoms with E-state index in [4.69, 9.17) is 0 Å². The van der Waals surface area contributed by atoms with Gasteiger partial charge in [-0.1, -0.05) is 0 Å². The molecule has 1 aromatic carbocycles. The van der Waals surface area contributed by atoms with Gasteiger partial charge in [0.25, 0.3) is 0 Å². The van der Waals surface area contributed by atoms with E-state index >= 15 is 0 Å². The molecule has 0 aromatic heterocycles. The molecule has 4 heteroatoms. The number of hydrogen-bond donors (Lipinski definition) is 1. The zero-order valence-corrected chi connectivity index (χ0v) is 11.4. The Kier molecular flexibility index (Phi) is 3.84. The van der Waals surface area contributed by atoms with E-state index in [1.165, 1.54) is 0 Å². The maximum absolute atomic E-state index is 10.7. The van der Waals surface area contributed by atoms with Crippen molar-refractivity contribution in [2.45, 2.75) is 19.4 Å². The van der Waals surface area contributed by atoms with Gasteiger partial charge in [-0.05, 0) is 47.5 Å². The highest BCUT2D eigenvalue weighted by atomic mass is 79.9. The fraction of sp³-hybridized carbons (Fsp3) is 0.462. The van der Waals surface area contributed by atoms with Gasteiger partial charge in [0.15, 0.2) is 0 Å². The van der Waals surface area contributed by atoms with Crippen LogP contribution in [0.1, 0.15) is 23.7 Å². The van der Waals surface area contributed by atoms with E-state index in [0.29, 0.717) is 11.5 Å². The maximum atomic E-state index is 10.7. The molecule has 2 unspecified atom stereocenters. The molecule has 3 nitrogen and oxygen atoms in total. The first-order valence-corrected chi connectivity index (χ1v) is 6.59. The number of aliphatic hydroxyl groups is 1. The highest BCUT2D eigenvalue weighted by Gasteiger charge is 2.26. The molecule has 2 atom stereocenters. The Hall–Kier alpha value is -0.870. The minimum Gasteiger partial charge on any atom is -0.393 e. The molecular weight excluding hydrogens is 282 g/mol. The zero-order valence-electron chi connectivity index (χ0n) is 9.77. The SMILES string of the molecule is CC(O)C1CCN(c2ccc(C=O)cc2Br)C1. The van der Waals surface area contributed by atoms with Crippen molar-refractivity contribution in [2.24, 2.45) is 5.92 Å². The zero-order chi connectivity index (χ0) is 12.4. The summed E-state index contributed by atoms with van der Waals surface area (Å²) in [5.41, 5.74) is 1.77. The van der Waals surface area contributed by atoms with E-state index in [1.54, 1.807) is 0 Å². The van der Waals surface area contributed by atoms with Gasteiger partial charge >= 0.3 is 0 Å². The molecule has 1 aromatic rings. The summed E-state index contributed by atoms with van der Waals surface area (Å²) in [7, 11) is 0. The lowest BCUT2D eigenvalue weighted by Gasteiger charge is -2.21. The Morgan fingerprint density at radius 2 is 2.35 bits per heavy atom. The van der Waals surface area contributed by atoms with Crippen molar-refractivity contribution in [3.05, 3.63) is 28.2 Å². The molecular formula is C13H16BrNO2. The van der Waals surface area contributed by atoms with Gasteiger partial charge in [0.05, 0.1) is 11.8 Å². The monoisotopic (exact) mass is 297 g/mol. The van der Waals surface area contributed by atoms with Gasteiger partial charge in [-0.25, -0.2) is 0 Å². The van der Waals surface area contributed by atoms with E-state index in [0.717, 1.165) is 36.0 Å². The van der Waals surface area contributed by atoms with Crippen molar-refractivity contribution in [3.63, 3.8) is 0 Å². The summed E-state index contributed by atoms with van der Waals surface area (Å²) >= 11 is 3.49. The van der Waals surface area contributed by atoms with Gasteiger partial charge in [0.2, 0.25) is 0 Å². The predicted molar refractivity (Wildman–Crippen MR) is 71.5 cm³/mol. The number of hydrogen-bond acceptors (Lipinski definition) is 3. The molecule has 1 heterocycles. The van der Waals surface area contributed by atoms with Crippen LogP contribution in [0.15, 0.2) is 22.7 Å². The van der Waals surface area contributed by atoms with Gasteiger partial charge < -0.3 is 10.0 Å². The van der Waals surface area contributed by atoms with Crippen LogP contribution in [0.2, 0.25) is 0 Å². The number of benzene rings is 1.